The number of aliphatic hydroxyl groups excluding tert-OH is 2. The van der Waals surface area contributed by atoms with Crippen LogP contribution in [0.25, 0.3) is 22.3 Å². The lowest BCUT2D eigenvalue weighted by molar-refractivity contribution is -0.141. The molecule has 4 aromatic rings. The number of hydrogen-bond acceptors (Lipinski definition) is 8. The molecular formula is C45H45F3O8. The van der Waals surface area contributed by atoms with Gasteiger partial charge in [0.15, 0.2) is 0 Å². The monoisotopic (exact) mass is 770 g/mol. The molecule has 4 aromatic carbocycles. The number of benzene rings is 4. The van der Waals surface area contributed by atoms with Gasteiger partial charge in [0.25, 0.3) is 0 Å². The number of rotatable bonds is 20. The van der Waals surface area contributed by atoms with Crippen LogP contribution >= 0.6 is 0 Å². The summed E-state index contributed by atoms with van der Waals surface area (Å²) in [7, 11) is 0. The second-order valence-corrected chi connectivity index (χ2v) is 12.8. The van der Waals surface area contributed by atoms with Crippen molar-refractivity contribution in [2.75, 3.05) is 39.6 Å². The molecule has 294 valence electrons. The van der Waals surface area contributed by atoms with Gasteiger partial charge in [-0.1, -0.05) is 80.3 Å². The van der Waals surface area contributed by atoms with E-state index in [1.807, 2.05) is 66.7 Å². The standard InChI is InChI=1S/C45H45F3O8/c1-32(30-49)43(51)55-27-25-53-40-19-12-35(13-20-40)9-8-34-10-14-37(15-11-34)42-23-18-38(29-39(42)7-5-3-4-6-24-45(46,47)48)36-16-21-41(22-17-36)54-26-28-56-44(52)33(2)31-50/h10-23,29,49-50H,1-7,24-28,30-31H2. The Bertz CT molecular complexity index is 1970. The zero-order valence-corrected chi connectivity index (χ0v) is 31.0. The first-order valence-corrected chi connectivity index (χ1v) is 18.2. The van der Waals surface area contributed by atoms with E-state index in [-0.39, 0.29) is 44.0 Å². The quantitative estimate of drug-likeness (QED) is 0.0399. The van der Waals surface area contributed by atoms with Crippen molar-refractivity contribution in [2.45, 2.75) is 44.7 Å². The number of aliphatic hydroxyl groups is 2. The Labute approximate surface area is 325 Å². The third kappa shape index (κ3) is 14.4. The van der Waals surface area contributed by atoms with Crippen LogP contribution in [0, 0.1) is 11.8 Å². The SMILES string of the molecule is C=C(CO)C(=O)OCCOc1ccc(C#Cc2ccc(-c3ccc(-c4ccc(OCCOC(=O)C(=C)CO)cc4)cc3CCCCCCC(F)(F)F)cc2)cc1. The second-order valence-electron chi connectivity index (χ2n) is 12.8. The number of carbonyl (C=O) groups is 2. The molecule has 0 radical (unpaired) electrons. The molecule has 0 saturated carbocycles. The van der Waals surface area contributed by atoms with Crippen molar-refractivity contribution in [1.29, 1.82) is 0 Å². The predicted molar refractivity (Wildman–Crippen MR) is 208 cm³/mol. The van der Waals surface area contributed by atoms with Gasteiger partial charge in [-0.05, 0) is 95.6 Å². The molecule has 11 heteroatoms. The minimum atomic E-state index is -4.14. The zero-order valence-electron chi connectivity index (χ0n) is 31.0. The largest absolute Gasteiger partial charge is 0.490 e. The molecule has 56 heavy (non-hydrogen) atoms. The first kappa shape index (κ1) is 42.9. The van der Waals surface area contributed by atoms with Crippen LogP contribution < -0.4 is 9.47 Å². The molecule has 0 fully saturated rings. The fraction of sp³-hybridized carbons (Fsp3) is 0.289. The van der Waals surface area contributed by atoms with Gasteiger partial charge in [-0.3, -0.25) is 0 Å². The highest BCUT2D eigenvalue weighted by Gasteiger charge is 2.25. The average molecular weight is 771 g/mol. The van der Waals surface area contributed by atoms with Crippen molar-refractivity contribution < 1.29 is 51.9 Å². The fourth-order valence-corrected chi connectivity index (χ4v) is 5.43. The Morgan fingerprint density at radius 2 is 1.05 bits per heavy atom. The van der Waals surface area contributed by atoms with Crippen LogP contribution in [0.1, 0.15) is 48.8 Å². The van der Waals surface area contributed by atoms with Gasteiger partial charge in [-0.15, -0.1) is 0 Å². The Hall–Kier alpha value is -5.83. The zero-order chi connectivity index (χ0) is 40.3. The molecule has 0 atom stereocenters. The van der Waals surface area contributed by atoms with Gasteiger partial charge in [0.05, 0.1) is 24.4 Å². The molecule has 2 N–H and O–H groups in total. The molecule has 0 aromatic heterocycles. The van der Waals surface area contributed by atoms with Gasteiger partial charge in [-0.2, -0.15) is 13.2 Å². The topological polar surface area (TPSA) is 112 Å². The van der Waals surface area contributed by atoms with Crippen LogP contribution in [0.4, 0.5) is 13.2 Å². The predicted octanol–water partition coefficient (Wildman–Crippen LogP) is 8.42. The van der Waals surface area contributed by atoms with Crippen molar-refractivity contribution in [3.63, 3.8) is 0 Å². The minimum Gasteiger partial charge on any atom is -0.490 e. The van der Waals surface area contributed by atoms with Gasteiger partial charge in [0, 0.05) is 17.5 Å². The maximum Gasteiger partial charge on any atom is 0.389 e. The van der Waals surface area contributed by atoms with E-state index in [9.17, 15) is 22.8 Å². The summed E-state index contributed by atoms with van der Waals surface area (Å²) < 4.78 is 59.2. The van der Waals surface area contributed by atoms with E-state index >= 15 is 0 Å². The highest BCUT2D eigenvalue weighted by Crippen LogP contribution is 2.32. The van der Waals surface area contributed by atoms with Crippen LogP contribution in [0.3, 0.4) is 0 Å². The van der Waals surface area contributed by atoms with Gasteiger partial charge in [0.2, 0.25) is 0 Å². The molecule has 8 nitrogen and oxygen atoms in total. The Morgan fingerprint density at radius 3 is 1.57 bits per heavy atom. The van der Waals surface area contributed by atoms with Crippen LogP contribution in [0.5, 0.6) is 11.5 Å². The molecule has 0 heterocycles. The number of hydrogen-bond donors (Lipinski definition) is 2. The second kappa shape index (κ2) is 21.9. The van der Waals surface area contributed by atoms with Gasteiger partial charge in [0.1, 0.15) is 37.9 Å². The Balaban J connectivity index is 1.40. The molecule has 0 aliphatic carbocycles. The molecule has 0 saturated heterocycles. The number of alkyl halides is 3. The summed E-state index contributed by atoms with van der Waals surface area (Å²) in [4.78, 5) is 23.2. The lowest BCUT2D eigenvalue weighted by Crippen LogP contribution is -2.14. The van der Waals surface area contributed by atoms with Gasteiger partial charge in [-0.25, -0.2) is 9.59 Å². The van der Waals surface area contributed by atoms with E-state index in [1.54, 1.807) is 12.1 Å². The van der Waals surface area contributed by atoms with Crippen LogP contribution in [-0.2, 0) is 25.5 Å². The van der Waals surface area contributed by atoms with Crippen molar-refractivity contribution in [3.05, 3.63) is 132 Å². The summed E-state index contributed by atoms with van der Waals surface area (Å²) in [6, 6.07) is 28.8. The minimum absolute atomic E-state index is 0.00712. The van der Waals surface area contributed by atoms with Crippen LogP contribution in [0.2, 0.25) is 0 Å². The van der Waals surface area contributed by atoms with E-state index in [4.69, 9.17) is 29.2 Å². The summed E-state index contributed by atoms with van der Waals surface area (Å²) >= 11 is 0. The molecule has 0 aliphatic rings. The molecule has 0 unspecified atom stereocenters. The Kier molecular flexibility index (Phi) is 16.8. The lowest BCUT2D eigenvalue weighted by Gasteiger charge is -2.14. The van der Waals surface area contributed by atoms with Crippen molar-refractivity contribution >= 4 is 11.9 Å². The highest BCUT2D eigenvalue weighted by molar-refractivity contribution is 5.88. The highest BCUT2D eigenvalue weighted by atomic mass is 19.4. The molecule has 0 amide bonds. The lowest BCUT2D eigenvalue weighted by atomic mass is 9.91. The fourth-order valence-electron chi connectivity index (χ4n) is 5.43. The van der Waals surface area contributed by atoms with E-state index in [0.717, 1.165) is 45.4 Å². The number of unbranched alkanes of at least 4 members (excludes halogenated alkanes) is 3. The maximum absolute atomic E-state index is 12.6. The van der Waals surface area contributed by atoms with E-state index in [0.29, 0.717) is 30.8 Å². The third-order valence-electron chi connectivity index (χ3n) is 8.48. The summed E-state index contributed by atoms with van der Waals surface area (Å²) in [5.74, 6) is 6.17. The Morgan fingerprint density at radius 1 is 0.589 bits per heavy atom. The average Bonchev–Trinajstić information content (AvgIpc) is 3.21. The number of carbonyl (C=O) groups excluding carboxylic acids is 2. The van der Waals surface area contributed by atoms with Crippen molar-refractivity contribution in [2.24, 2.45) is 0 Å². The first-order valence-electron chi connectivity index (χ1n) is 18.2. The third-order valence-corrected chi connectivity index (χ3v) is 8.48. The van der Waals surface area contributed by atoms with Gasteiger partial charge >= 0.3 is 18.1 Å². The summed E-state index contributed by atoms with van der Waals surface area (Å²) in [5, 5.41) is 17.9. The van der Waals surface area contributed by atoms with Crippen LogP contribution in [-0.4, -0.2) is 68.0 Å². The molecule has 0 spiro atoms. The summed E-state index contributed by atoms with van der Waals surface area (Å²) in [6.45, 7) is 6.20. The number of halogens is 3. The summed E-state index contributed by atoms with van der Waals surface area (Å²) in [6.07, 6.45) is -2.14. The normalized spacial score (nSPS) is 10.9. The smallest absolute Gasteiger partial charge is 0.389 e. The maximum atomic E-state index is 12.6. The van der Waals surface area contributed by atoms with Crippen molar-refractivity contribution in [3.8, 4) is 45.6 Å². The number of aryl methyl sites for hydroxylation is 1. The molecule has 0 aliphatic heterocycles. The molecule has 0 bridgehead atoms. The summed E-state index contributed by atoms with van der Waals surface area (Å²) in [5.41, 5.74) is 6.60. The van der Waals surface area contributed by atoms with E-state index in [2.05, 4.69) is 37.1 Å². The number of esters is 2. The van der Waals surface area contributed by atoms with Gasteiger partial charge < -0.3 is 29.2 Å². The van der Waals surface area contributed by atoms with E-state index in [1.165, 1.54) is 0 Å². The molecular weight excluding hydrogens is 725 g/mol. The van der Waals surface area contributed by atoms with E-state index < -0.39 is 37.7 Å². The number of ether oxygens (including phenoxy) is 4. The van der Waals surface area contributed by atoms with Crippen molar-refractivity contribution in [1.82, 2.24) is 0 Å². The van der Waals surface area contributed by atoms with Crippen LogP contribution in [0.15, 0.2) is 115 Å². The first-order chi connectivity index (χ1) is 27.0. The molecule has 4 rings (SSSR count).